The van der Waals surface area contributed by atoms with Gasteiger partial charge in [-0.05, 0) is 6.07 Å². The van der Waals surface area contributed by atoms with Crippen LogP contribution in [0.3, 0.4) is 0 Å². The molecule has 0 saturated heterocycles. The van der Waals surface area contributed by atoms with Crippen LogP contribution in [0.25, 0.3) is 11.0 Å². The second kappa shape index (κ2) is 6.97. The van der Waals surface area contributed by atoms with Crippen LogP contribution >= 0.6 is 23.2 Å². The predicted molar refractivity (Wildman–Crippen MR) is 82.1 cm³/mol. The zero-order valence-electron chi connectivity index (χ0n) is 12.3. The highest BCUT2D eigenvalue weighted by molar-refractivity contribution is 6.42. The first-order chi connectivity index (χ1) is 10.9. The highest BCUT2D eigenvalue weighted by atomic mass is 35.5. The summed E-state index contributed by atoms with van der Waals surface area (Å²) in [6.45, 7) is 1.28. The third-order valence-electron chi connectivity index (χ3n) is 3.01. The van der Waals surface area contributed by atoms with E-state index in [0.717, 1.165) is 7.11 Å². The fraction of sp³-hybridized carbons (Fsp3) is 0.286. The van der Waals surface area contributed by atoms with Gasteiger partial charge in [-0.1, -0.05) is 30.1 Å². The van der Waals surface area contributed by atoms with Gasteiger partial charge in [-0.2, -0.15) is 4.73 Å². The van der Waals surface area contributed by atoms with Crippen molar-refractivity contribution in [1.29, 1.82) is 0 Å². The molecule has 1 aromatic heterocycles. The van der Waals surface area contributed by atoms with Crippen LogP contribution in [0, 0.1) is 5.21 Å². The Balaban J connectivity index is 2.64. The fourth-order valence-corrected chi connectivity index (χ4v) is 2.18. The Morgan fingerprint density at radius 2 is 1.96 bits per heavy atom. The van der Waals surface area contributed by atoms with E-state index in [1.807, 2.05) is 0 Å². The molecule has 9 heteroatoms. The van der Waals surface area contributed by atoms with Crippen LogP contribution in [-0.2, 0) is 20.9 Å². The lowest BCUT2D eigenvalue weighted by atomic mass is 10.2. The summed E-state index contributed by atoms with van der Waals surface area (Å²) in [4.78, 5) is 27.3. The number of nitrogens with zero attached hydrogens (tertiary/aromatic N) is 2. The zero-order valence-corrected chi connectivity index (χ0v) is 13.8. The zero-order chi connectivity index (χ0) is 17.1. The molecule has 0 spiro atoms. The maximum absolute atomic E-state index is 12.5. The minimum atomic E-state index is -0.900. The second-order valence-electron chi connectivity index (χ2n) is 4.46. The molecule has 23 heavy (non-hydrogen) atoms. The van der Waals surface area contributed by atoms with Gasteiger partial charge in [0.25, 0.3) is 0 Å². The van der Waals surface area contributed by atoms with Gasteiger partial charge in [0.05, 0.1) is 17.2 Å². The Hall–Kier alpha value is -2.12. The number of carbonyl (C=O) groups is 2. The molecule has 0 unspecified atom stereocenters. The molecule has 122 valence electrons. The third-order valence-corrected chi connectivity index (χ3v) is 3.73. The largest absolute Gasteiger partial charge is 0.618 e. The summed E-state index contributed by atoms with van der Waals surface area (Å²) in [6.07, 6.45) is 0.153. The Bertz CT molecular complexity index is 795. The summed E-state index contributed by atoms with van der Waals surface area (Å²) in [7, 11) is 1.13. The van der Waals surface area contributed by atoms with E-state index in [1.54, 1.807) is 6.92 Å². The molecule has 1 aromatic carbocycles. The molecular weight excluding hydrogens is 347 g/mol. The number of rotatable bonds is 4. The quantitative estimate of drug-likeness (QED) is 0.473. The van der Waals surface area contributed by atoms with E-state index in [0.29, 0.717) is 4.73 Å². The van der Waals surface area contributed by atoms with Gasteiger partial charge in [-0.25, -0.2) is 9.78 Å². The van der Waals surface area contributed by atoms with Crippen molar-refractivity contribution in [1.82, 2.24) is 4.98 Å². The van der Waals surface area contributed by atoms with Gasteiger partial charge in [0.15, 0.2) is 5.69 Å². The van der Waals surface area contributed by atoms with Gasteiger partial charge in [0, 0.05) is 12.5 Å². The molecule has 1 heterocycles. The summed E-state index contributed by atoms with van der Waals surface area (Å²) >= 11 is 11.8. The lowest BCUT2D eigenvalue weighted by molar-refractivity contribution is -0.581. The second-order valence-corrected chi connectivity index (χ2v) is 5.28. The molecule has 0 aliphatic rings. The average molecular weight is 359 g/mol. The van der Waals surface area contributed by atoms with Crippen molar-refractivity contribution in [3.05, 3.63) is 38.8 Å². The van der Waals surface area contributed by atoms with Crippen LogP contribution in [0.15, 0.2) is 12.1 Å². The van der Waals surface area contributed by atoms with Gasteiger partial charge >= 0.3 is 17.6 Å². The van der Waals surface area contributed by atoms with E-state index >= 15 is 0 Å². The Kier molecular flexibility index (Phi) is 5.23. The van der Waals surface area contributed by atoms with E-state index < -0.39 is 11.9 Å². The van der Waals surface area contributed by atoms with Crippen LogP contribution in [0.2, 0.25) is 10.0 Å². The monoisotopic (exact) mass is 358 g/mol. The molecule has 0 radical (unpaired) electrons. The number of benzene rings is 1. The maximum atomic E-state index is 12.5. The number of fused-ring (bicyclic) bond motifs is 1. The van der Waals surface area contributed by atoms with Crippen molar-refractivity contribution in [2.24, 2.45) is 0 Å². The average Bonchev–Trinajstić information content (AvgIpc) is 2.54. The topological polar surface area (TPSA) is 92.4 Å². The minimum absolute atomic E-state index is 0.0282. The first kappa shape index (κ1) is 17.2. The molecule has 0 N–H and O–H groups in total. The van der Waals surface area contributed by atoms with Gasteiger partial charge in [0.2, 0.25) is 5.52 Å². The highest BCUT2D eigenvalue weighted by Gasteiger charge is 2.28. The van der Waals surface area contributed by atoms with Crippen LogP contribution in [0.5, 0.6) is 0 Å². The van der Waals surface area contributed by atoms with E-state index in [1.165, 1.54) is 12.1 Å². The van der Waals surface area contributed by atoms with Crippen molar-refractivity contribution >= 4 is 46.2 Å². The molecule has 0 bridgehead atoms. The molecule has 0 aliphatic carbocycles. The van der Waals surface area contributed by atoms with E-state index in [9.17, 15) is 14.8 Å². The van der Waals surface area contributed by atoms with Crippen molar-refractivity contribution in [3.63, 3.8) is 0 Å². The summed E-state index contributed by atoms with van der Waals surface area (Å²) in [5.74, 6) is -1.39. The third kappa shape index (κ3) is 3.46. The standard InChI is InChI=1S/C14H12Cl2N2O5/c1-3-12(19)23-6-10-13(14(20)22-2)18(21)11-5-8(16)7(15)4-9(11)17-10/h4-5H,3,6H2,1-2H3. The smallest absolute Gasteiger partial charge is 0.406 e. The summed E-state index contributed by atoms with van der Waals surface area (Å²) in [6, 6.07) is 2.69. The number of carbonyl (C=O) groups excluding carboxylic acids is 2. The normalized spacial score (nSPS) is 10.6. The SMILES string of the molecule is CCC(=O)OCc1nc2cc(Cl)c(Cl)cc2[n+]([O-])c1C(=O)OC. The molecule has 0 aliphatic heterocycles. The molecule has 2 rings (SSSR count). The number of hydrogen-bond donors (Lipinski definition) is 0. The number of methoxy groups -OCH3 is 1. The van der Waals surface area contributed by atoms with Crippen LogP contribution in [0.4, 0.5) is 0 Å². The van der Waals surface area contributed by atoms with Gasteiger partial charge in [-0.3, -0.25) is 4.79 Å². The molecule has 0 fully saturated rings. The van der Waals surface area contributed by atoms with E-state index in [4.69, 9.17) is 27.9 Å². The van der Waals surface area contributed by atoms with Crippen LogP contribution in [-0.4, -0.2) is 24.0 Å². The molecular formula is C14H12Cl2N2O5. The Labute approximate surface area is 141 Å². The van der Waals surface area contributed by atoms with Gasteiger partial charge in [-0.15, -0.1) is 0 Å². The lowest BCUT2D eigenvalue weighted by Gasteiger charge is -2.11. The lowest BCUT2D eigenvalue weighted by Crippen LogP contribution is -2.38. The Morgan fingerprint density at radius 3 is 2.57 bits per heavy atom. The molecule has 0 amide bonds. The Morgan fingerprint density at radius 1 is 1.30 bits per heavy atom. The molecule has 7 nitrogen and oxygen atoms in total. The van der Waals surface area contributed by atoms with Crippen molar-refractivity contribution in [2.45, 2.75) is 20.0 Å². The van der Waals surface area contributed by atoms with E-state index in [-0.39, 0.29) is 45.5 Å². The minimum Gasteiger partial charge on any atom is -0.618 e. The van der Waals surface area contributed by atoms with E-state index in [2.05, 4.69) is 9.72 Å². The number of esters is 2. The molecule has 0 atom stereocenters. The molecule has 0 saturated carbocycles. The van der Waals surface area contributed by atoms with Crippen molar-refractivity contribution in [3.8, 4) is 0 Å². The highest BCUT2D eigenvalue weighted by Crippen LogP contribution is 2.26. The number of halogens is 2. The predicted octanol–water partition coefficient (Wildman–Crippen LogP) is 2.41. The number of hydrogen-bond acceptors (Lipinski definition) is 6. The summed E-state index contributed by atoms with van der Waals surface area (Å²) < 4.78 is 9.88. The van der Waals surface area contributed by atoms with Gasteiger partial charge in [0.1, 0.15) is 12.1 Å². The molecule has 2 aromatic rings. The summed E-state index contributed by atoms with van der Waals surface area (Å²) in [5.41, 5.74) is -0.142. The van der Waals surface area contributed by atoms with Crippen LogP contribution in [0.1, 0.15) is 29.5 Å². The maximum Gasteiger partial charge on any atom is 0.406 e. The van der Waals surface area contributed by atoms with Crippen LogP contribution < -0.4 is 4.73 Å². The van der Waals surface area contributed by atoms with Crippen molar-refractivity contribution < 1.29 is 23.8 Å². The van der Waals surface area contributed by atoms with Crippen molar-refractivity contribution in [2.75, 3.05) is 7.11 Å². The number of ether oxygens (including phenoxy) is 2. The summed E-state index contributed by atoms with van der Waals surface area (Å²) in [5, 5.41) is 12.8. The first-order valence-corrected chi connectivity index (χ1v) is 7.29. The van der Waals surface area contributed by atoms with Gasteiger partial charge < -0.3 is 14.7 Å². The first-order valence-electron chi connectivity index (χ1n) is 6.54. The fourth-order valence-electron chi connectivity index (χ4n) is 1.86. The number of aromatic nitrogens is 2.